The molecule has 2 nitrogen and oxygen atoms in total. The van der Waals surface area contributed by atoms with E-state index < -0.39 is 12.6 Å². The van der Waals surface area contributed by atoms with Crippen LogP contribution in [0.3, 0.4) is 0 Å². The SMILES string of the molecule is O=P(c1ccccc1)(c1ccccc1)c1ccc(-c2cc3c(-c4ccc5c(c4)C4(c6ccccc6-c6ccccc64)c4ccccc4-5)nc4ccccc4c3c3c2sc2ccccc23)cc1. The minimum absolute atomic E-state index is 0.468. The van der Waals surface area contributed by atoms with Gasteiger partial charge in [-0.1, -0.05) is 206 Å². The number of aromatic nitrogens is 1. The Morgan fingerprint density at radius 3 is 1.52 bits per heavy atom. The molecule has 0 atom stereocenters. The first-order valence-corrected chi connectivity index (χ1v) is 25.1. The number of fused-ring (bicyclic) bond motifs is 17. The van der Waals surface area contributed by atoms with E-state index in [9.17, 15) is 0 Å². The molecule has 308 valence electrons. The van der Waals surface area contributed by atoms with Crippen LogP contribution in [-0.4, -0.2) is 4.98 Å². The highest BCUT2D eigenvalue weighted by Crippen LogP contribution is 2.63. The Labute approximate surface area is 386 Å². The maximum Gasteiger partial charge on any atom is 0.171 e. The lowest BCUT2D eigenvalue weighted by molar-refractivity contribution is 0.592. The topological polar surface area (TPSA) is 30.0 Å². The van der Waals surface area contributed by atoms with Crippen LogP contribution in [0.2, 0.25) is 0 Å². The largest absolute Gasteiger partial charge is 0.309 e. The van der Waals surface area contributed by atoms with Crippen LogP contribution in [0, 0.1) is 0 Å². The Hall–Kier alpha value is -7.68. The quantitative estimate of drug-likeness (QED) is 0.127. The van der Waals surface area contributed by atoms with Crippen molar-refractivity contribution in [2.75, 3.05) is 0 Å². The normalized spacial score (nSPS) is 13.3. The molecule has 2 aliphatic carbocycles. The highest BCUT2D eigenvalue weighted by Gasteiger charge is 2.51. The van der Waals surface area contributed by atoms with Gasteiger partial charge in [0.05, 0.1) is 16.6 Å². The molecule has 0 unspecified atom stereocenters. The van der Waals surface area contributed by atoms with Crippen LogP contribution in [0.15, 0.2) is 231 Å². The molecule has 0 bridgehead atoms. The van der Waals surface area contributed by atoms with Crippen LogP contribution < -0.4 is 15.9 Å². The van der Waals surface area contributed by atoms with Crippen molar-refractivity contribution in [2.45, 2.75) is 5.41 Å². The van der Waals surface area contributed by atoms with Crippen LogP contribution >= 0.6 is 18.5 Å². The maximum atomic E-state index is 15.5. The van der Waals surface area contributed by atoms with Crippen molar-refractivity contribution in [1.82, 2.24) is 4.98 Å². The van der Waals surface area contributed by atoms with E-state index in [0.717, 1.165) is 54.6 Å². The molecule has 12 aromatic rings. The van der Waals surface area contributed by atoms with Gasteiger partial charge < -0.3 is 4.57 Å². The summed E-state index contributed by atoms with van der Waals surface area (Å²) in [5.74, 6) is 0. The van der Waals surface area contributed by atoms with Crippen molar-refractivity contribution in [3.05, 3.63) is 253 Å². The third-order valence-corrected chi connectivity index (χ3v) is 18.6. The summed E-state index contributed by atoms with van der Waals surface area (Å²) in [4.78, 5) is 5.64. The molecule has 66 heavy (non-hydrogen) atoms. The standard InChI is InChI=1S/C62H38NOPS/c64-65(41-17-3-1-4-18-41,42-19-5-2-6-20-42)43-34-31-39(32-35-43)50-38-51-58(59-49-25-11-16-30-57(49)66-61(50)59)48-24-10-15-29-56(48)63-60(51)40-33-36-47-46-23-9-14-28-54(46)62(55(47)37-40)52-26-12-7-21-44(52)45-22-8-13-27-53(45)62/h1-38H. The number of rotatable bonds is 5. The van der Waals surface area contributed by atoms with Crippen molar-refractivity contribution in [2.24, 2.45) is 0 Å². The van der Waals surface area contributed by atoms with E-state index in [0.29, 0.717) is 0 Å². The third kappa shape index (κ3) is 5.07. The Balaban J connectivity index is 1.04. The first-order valence-electron chi connectivity index (χ1n) is 22.6. The van der Waals surface area contributed by atoms with Gasteiger partial charge in [-0.3, -0.25) is 0 Å². The molecular weight excluding hydrogens is 838 g/mol. The highest BCUT2D eigenvalue weighted by atomic mass is 32.1. The molecule has 0 aliphatic heterocycles. The average Bonchev–Trinajstić information content (AvgIpc) is 4.03. The molecular formula is C62H38NOPS. The molecule has 4 heteroatoms. The van der Waals surface area contributed by atoms with Crippen molar-refractivity contribution < 1.29 is 4.57 Å². The van der Waals surface area contributed by atoms with Crippen molar-refractivity contribution in [3.8, 4) is 44.6 Å². The molecule has 0 radical (unpaired) electrons. The fraction of sp³-hybridized carbons (Fsp3) is 0.0161. The lowest BCUT2D eigenvalue weighted by atomic mass is 9.70. The first-order chi connectivity index (χ1) is 32.6. The predicted molar refractivity (Wildman–Crippen MR) is 279 cm³/mol. The summed E-state index contributed by atoms with van der Waals surface area (Å²) in [7, 11) is -3.16. The molecule has 0 fully saturated rings. The van der Waals surface area contributed by atoms with Gasteiger partial charge in [-0.2, -0.15) is 0 Å². The smallest absolute Gasteiger partial charge is 0.171 e. The highest BCUT2D eigenvalue weighted by molar-refractivity contribution is 7.85. The van der Waals surface area contributed by atoms with Gasteiger partial charge in [0.25, 0.3) is 0 Å². The number of pyridine rings is 1. The van der Waals surface area contributed by atoms with Gasteiger partial charge in [0.15, 0.2) is 7.14 Å². The second-order valence-electron chi connectivity index (χ2n) is 17.6. The van der Waals surface area contributed by atoms with Crippen LogP contribution in [0.4, 0.5) is 0 Å². The minimum atomic E-state index is -3.16. The second-order valence-corrected chi connectivity index (χ2v) is 21.4. The van der Waals surface area contributed by atoms with Crippen LogP contribution in [0.25, 0.3) is 86.5 Å². The summed E-state index contributed by atoms with van der Waals surface area (Å²) in [5.41, 5.74) is 15.2. The summed E-state index contributed by atoms with van der Waals surface area (Å²) < 4.78 is 17.9. The van der Waals surface area contributed by atoms with E-state index >= 15 is 4.57 Å². The number of nitrogens with zero attached hydrogens (tertiary/aromatic N) is 1. The predicted octanol–water partition coefficient (Wildman–Crippen LogP) is 15.1. The summed E-state index contributed by atoms with van der Waals surface area (Å²) >= 11 is 1.85. The zero-order valence-corrected chi connectivity index (χ0v) is 37.4. The van der Waals surface area contributed by atoms with Gasteiger partial charge in [0.1, 0.15) is 0 Å². The van der Waals surface area contributed by atoms with Gasteiger partial charge in [0, 0.05) is 63.4 Å². The molecule has 2 aliphatic rings. The molecule has 0 N–H and O–H groups in total. The molecule has 2 aromatic heterocycles. The summed E-state index contributed by atoms with van der Waals surface area (Å²) in [6.07, 6.45) is 0. The van der Waals surface area contributed by atoms with Crippen molar-refractivity contribution in [3.63, 3.8) is 0 Å². The molecule has 0 saturated heterocycles. The van der Waals surface area contributed by atoms with E-state index in [-0.39, 0.29) is 0 Å². The maximum absolute atomic E-state index is 15.5. The Morgan fingerprint density at radius 2 is 0.879 bits per heavy atom. The van der Waals surface area contributed by atoms with Crippen LogP contribution in [0.1, 0.15) is 22.3 Å². The summed E-state index contributed by atoms with van der Waals surface area (Å²) in [6, 6.07) is 82.4. The Bertz CT molecular complexity index is 3920. The van der Waals surface area contributed by atoms with Crippen molar-refractivity contribution >= 4 is 76.2 Å². The van der Waals surface area contributed by atoms with Crippen LogP contribution in [-0.2, 0) is 9.98 Å². The molecule has 0 amide bonds. The van der Waals surface area contributed by atoms with E-state index in [1.807, 2.05) is 72.0 Å². The second kappa shape index (κ2) is 14.2. The first kappa shape index (κ1) is 37.7. The van der Waals surface area contributed by atoms with Crippen LogP contribution in [0.5, 0.6) is 0 Å². The van der Waals surface area contributed by atoms with E-state index in [1.165, 1.54) is 70.1 Å². The fourth-order valence-corrected chi connectivity index (χ4v) is 15.5. The van der Waals surface area contributed by atoms with Gasteiger partial charge in [0.2, 0.25) is 0 Å². The number of hydrogen-bond donors (Lipinski definition) is 0. The number of benzene rings is 10. The zero-order chi connectivity index (χ0) is 43.6. The zero-order valence-electron chi connectivity index (χ0n) is 35.7. The van der Waals surface area contributed by atoms with Gasteiger partial charge in [-0.25, -0.2) is 4.98 Å². The molecule has 10 aromatic carbocycles. The minimum Gasteiger partial charge on any atom is -0.309 e. The van der Waals surface area contributed by atoms with Gasteiger partial charge in [-0.05, 0) is 74.3 Å². The number of thiophene rings is 1. The van der Waals surface area contributed by atoms with E-state index in [2.05, 4.69) is 170 Å². The lowest BCUT2D eigenvalue weighted by Crippen LogP contribution is -2.25. The van der Waals surface area contributed by atoms with E-state index in [1.54, 1.807) is 0 Å². The molecule has 0 saturated carbocycles. The van der Waals surface area contributed by atoms with Crippen molar-refractivity contribution in [1.29, 1.82) is 0 Å². The van der Waals surface area contributed by atoms with Gasteiger partial charge >= 0.3 is 0 Å². The summed E-state index contributed by atoms with van der Waals surface area (Å²) in [5, 5.41) is 8.42. The summed E-state index contributed by atoms with van der Waals surface area (Å²) in [6.45, 7) is 0. The van der Waals surface area contributed by atoms with Gasteiger partial charge in [-0.15, -0.1) is 11.3 Å². The lowest BCUT2D eigenvalue weighted by Gasteiger charge is -2.30. The van der Waals surface area contributed by atoms with E-state index in [4.69, 9.17) is 4.98 Å². The monoisotopic (exact) mass is 875 g/mol. The Kier molecular flexibility index (Phi) is 8.08. The Morgan fingerprint density at radius 1 is 0.379 bits per heavy atom. The third-order valence-electron chi connectivity index (χ3n) is 14.4. The molecule has 2 heterocycles. The number of hydrogen-bond acceptors (Lipinski definition) is 3. The number of para-hydroxylation sites is 1. The fourth-order valence-electron chi connectivity index (χ4n) is 11.6. The molecule has 1 spiro atoms. The average molecular weight is 876 g/mol. The molecule has 14 rings (SSSR count).